The van der Waals surface area contributed by atoms with Gasteiger partial charge in [0.15, 0.2) is 5.90 Å². The third-order valence-corrected chi connectivity index (χ3v) is 7.99. The Morgan fingerprint density at radius 1 is 1.18 bits per heavy atom. The third kappa shape index (κ3) is 8.52. The molecule has 2 aromatic carbocycles. The summed E-state index contributed by atoms with van der Waals surface area (Å²) < 4.78 is 6.74. The molecule has 2 aromatic rings. The van der Waals surface area contributed by atoms with Crippen LogP contribution in [0.25, 0.3) is 10.8 Å². The molecule has 0 saturated heterocycles. The molecule has 0 bridgehead atoms. The summed E-state index contributed by atoms with van der Waals surface area (Å²) in [4.78, 5) is 7.05. The maximum absolute atomic E-state index is 12.7. The Balaban J connectivity index is 2.07. The molecule has 5 heteroatoms. The number of aliphatic imine (C=N–C) groups is 1. The highest BCUT2D eigenvalue weighted by molar-refractivity contribution is 9.11. The molecule has 1 N–H and O–H groups in total. The summed E-state index contributed by atoms with van der Waals surface area (Å²) >= 11 is 3.48. The minimum Gasteiger partial charge on any atom is -0.484 e. The Bertz CT molecular complexity index is 1170. The van der Waals surface area contributed by atoms with Crippen molar-refractivity contribution in [2.45, 2.75) is 50.5 Å². The van der Waals surface area contributed by atoms with Crippen molar-refractivity contribution in [1.29, 1.82) is 0 Å². The molecule has 38 heavy (non-hydrogen) atoms. The fourth-order valence-electron chi connectivity index (χ4n) is 5.00. The van der Waals surface area contributed by atoms with Crippen LogP contribution in [0.3, 0.4) is 0 Å². The van der Waals surface area contributed by atoms with Crippen LogP contribution >= 0.6 is 15.9 Å². The van der Waals surface area contributed by atoms with Gasteiger partial charge in [-0.1, -0.05) is 96.4 Å². The molecule has 1 fully saturated rings. The Hall–Kier alpha value is -2.47. The molecule has 1 aliphatic rings. The SMILES string of the molecule is C=CCC(=C\C=C(\Br)C=C)/N=C(\CC(CCC1CC1)C(O)(CCN(C)C)c1cccc2ccccc12)OC. The first-order valence-electron chi connectivity index (χ1n) is 13.6. The molecule has 0 radical (unpaired) electrons. The number of methoxy groups -OCH3 is 1. The normalized spacial score (nSPS) is 17.4. The average Bonchev–Trinajstić information content (AvgIpc) is 3.76. The maximum Gasteiger partial charge on any atom is 0.188 e. The molecule has 0 aliphatic heterocycles. The standard InChI is InChI=1S/C33H43BrN2O2/c1-6-11-29(21-20-28(34)7-2)35-32(38-5)24-27(19-18-25-16-17-25)33(37,22-23-36(3)4)31-15-10-13-26-12-8-9-14-30(26)31/h6-10,12-15,20-21,25,27,37H,1-2,11,16-19,22-24H2,3-5H3/b28-20+,29-21+,35-32+. The molecule has 0 aromatic heterocycles. The fraction of sp³-hybridized carbons (Fsp3) is 0.424. The Kier molecular flexibility index (Phi) is 11.6. The van der Waals surface area contributed by atoms with Gasteiger partial charge in [-0.05, 0) is 61.3 Å². The summed E-state index contributed by atoms with van der Waals surface area (Å²) in [5, 5.41) is 15.0. The van der Waals surface area contributed by atoms with Gasteiger partial charge in [0, 0.05) is 35.5 Å². The van der Waals surface area contributed by atoms with Gasteiger partial charge in [0.1, 0.15) is 0 Å². The number of nitrogens with zero attached hydrogens (tertiary/aromatic N) is 2. The number of aliphatic hydroxyl groups is 1. The molecule has 1 saturated carbocycles. The Labute approximate surface area is 237 Å². The zero-order chi connectivity index (χ0) is 27.5. The molecule has 204 valence electrons. The van der Waals surface area contributed by atoms with Gasteiger partial charge in [-0.3, -0.25) is 0 Å². The zero-order valence-electron chi connectivity index (χ0n) is 23.2. The van der Waals surface area contributed by atoms with Crippen molar-refractivity contribution in [2.24, 2.45) is 16.8 Å². The second-order valence-corrected chi connectivity index (χ2v) is 11.5. The van der Waals surface area contributed by atoms with E-state index in [2.05, 4.69) is 90.5 Å². The maximum atomic E-state index is 12.7. The number of halogens is 1. The predicted octanol–water partition coefficient (Wildman–Crippen LogP) is 8.15. The lowest BCUT2D eigenvalue weighted by molar-refractivity contribution is -0.0386. The van der Waals surface area contributed by atoms with Crippen molar-refractivity contribution in [1.82, 2.24) is 4.90 Å². The molecule has 0 spiro atoms. The number of allylic oxidation sites excluding steroid dienone is 5. The van der Waals surface area contributed by atoms with Crippen LogP contribution in [0.4, 0.5) is 0 Å². The van der Waals surface area contributed by atoms with E-state index in [1.165, 1.54) is 12.8 Å². The summed E-state index contributed by atoms with van der Waals surface area (Å²) in [7, 11) is 5.80. The van der Waals surface area contributed by atoms with Crippen LogP contribution in [0, 0.1) is 11.8 Å². The van der Waals surface area contributed by atoms with Crippen molar-refractivity contribution >= 4 is 32.6 Å². The van der Waals surface area contributed by atoms with Crippen LogP contribution in [-0.2, 0) is 10.3 Å². The highest BCUT2D eigenvalue weighted by atomic mass is 79.9. The highest BCUT2D eigenvalue weighted by Crippen LogP contribution is 2.44. The number of ether oxygens (including phenoxy) is 1. The molecular weight excluding hydrogens is 536 g/mol. The second-order valence-electron chi connectivity index (χ2n) is 10.5. The summed E-state index contributed by atoms with van der Waals surface area (Å²) in [6, 6.07) is 14.6. The van der Waals surface area contributed by atoms with E-state index < -0.39 is 5.60 Å². The minimum absolute atomic E-state index is 0.0482. The largest absolute Gasteiger partial charge is 0.484 e. The van der Waals surface area contributed by atoms with Crippen LogP contribution in [0.15, 0.2) is 95.1 Å². The van der Waals surface area contributed by atoms with Gasteiger partial charge in [-0.15, -0.1) is 6.58 Å². The Morgan fingerprint density at radius 2 is 1.92 bits per heavy atom. The first-order chi connectivity index (χ1) is 18.3. The van der Waals surface area contributed by atoms with Gasteiger partial charge in [0.05, 0.1) is 12.7 Å². The van der Waals surface area contributed by atoms with E-state index in [0.717, 1.165) is 51.8 Å². The number of hydrogen-bond acceptors (Lipinski definition) is 4. The number of hydrogen-bond donors (Lipinski definition) is 1. The first-order valence-corrected chi connectivity index (χ1v) is 14.4. The molecule has 4 nitrogen and oxygen atoms in total. The van der Waals surface area contributed by atoms with E-state index in [9.17, 15) is 5.11 Å². The molecule has 2 atom stereocenters. The van der Waals surface area contributed by atoms with Gasteiger partial charge >= 0.3 is 0 Å². The minimum atomic E-state index is -1.03. The molecular formula is C33H43BrN2O2. The van der Waals surface area contributed by atoms with E-state index >= 15 is 0 Å². The quantitative estimate of drug-likeness (QED) is 0.100. The van der Waals surface area contributed by atoms with E-state index in [1.807, 2.05) is 18.2 Å². The van der Waals surface area contributed by atoms with Gasteiger partial charge in [0.25, 0.3) is 0 Å². The lowest BCUT2D eigenvalue weighted by Gasteiger charge is -2.39. The molecule has 0 amide bonds. The monoisotopic (exact) mass is 578 g/mol. The van der Waals surface area contributed by atoms with E-state index in [1.54, 1.807) is 13.2 Å². The van der Waals surface area contributed by atoms with Crippen LogP contribution in [-0.4, -0.2) is 43.7 Å². The van der Waals surface area contributed by atoms with Gasteiger partial charge in [0.2, 0.25) is 0 Å². The molecule has 0 heterocycles. The number of benzene rings is 2. The van der Waals surface area contributed by atoms with Crippen LogP contribution in [0.2, 0.25) is 0 Å². The number of rotatable bonds is 15. The van der Waals surface area contributed by atoms with Crippen LogP contribution < -0.4 is 0 Å². The molecule has 3 rings (SSSR count). The van der Waals surface area contributed by atoms with Crippen molar-refractivity contribution in [3.05, 3.63) is 95.7 Å². The van der Waals surface area contributed by atoms with E-state index in [-0.39, 0.29) is 5.92 Å². The summed E-state index contributed by atoms with van der Waals surface area (Å²) in [5.74, 6) is 1.35. The predicted molar refractivity (Wildman–Crippen MR) is 166 cm³/mol. The average molecular weight is 580 g/mol. The van der Waals surface area contributed by atoms with Crippen molar-refractivity contribution < 1.29 is 9.84 Å². The fourth-order valence-corrected chi connectivity index (χ4v) is 5.13. The Morgan fingerprint density at radius 3 is 2.58 bits per heavy atom. The van der Waals surface area contributed by atoms with Gasteiger partial charge < -0.3 is 14.7 Å². The van der Waals surface area contributed by atoms with Crippen LogP contribution in [0.1, 0.15) is 50.5 Å². The molecule has 2 unspecified atom stereocenters. The highest BCUT2D eigenvalue weighted by Gasteiger charge is 2.41. The van der Waals surface area contributed by atoms with Gasteiger partial charge in [-0.25, -0.2) is 4.99 Å². The first kappa shape index (κ1) is 30.1. The topological polar surface area (TPSA) is 45.1 Å². The van der Waals surface area contributed by atoms with E-state index in [0.29, 0.717) is 25.2 Å². The number of fused-ring (bicyclic) bond motifs is 1. The van der Waals surface area contributed by atoms with Crippen molar-refractivity contribution in [3.63, 3.8) is 0 Å². The summed E-state index contributed by atoms with van der Waals surface area (Å²) in [6.45, 7) is 8.47. The van der Waals surface area contributed by atoms with Gasteiger partial charge in [-0.2, -0.15) is 0 Å². The molecule has 1 aliphatic carbocycles. The summed E-state index contributed by atoms with van der Waals surface area (Å²) in [5.41, 5.74) is 0.805. The van der Waals surface area contributed by atoms with Crippen molar-refractivity contribution in [3.8, 4) is 0 Å². The lowest BCUT2D eigenvalue weighted by Crippen LogP contribution is -2.39. The van der Waals surface area contributed by atoms with Crippen LogP contribution in [0.5, 0.6) is 0 Å². The second kappa shape index (κ2) is 14.6. The van der Waals surface area contributed by atoms with Crippen molar-refractivity contribution in [2.75, 3.05) is 27.7 Å². The lowest BCUT2D eigenvalue weighted by atomic mass is 9.73. The van der Waals surface area contributed by atoms with E-state index in [4.69, 9.17) is 9.73 Å². The third-order valence-electron chi connectivity index (χ3n) is 7.40. The zero-order valence-corrected chi connectivity index (χ0v) is 24.8. The summed E-state index contributed by atoms with van der Waals surface area (Å²) in [6.07, 6.45) is 13.9. The smallest absolute Gasteiger partial charge is 0.188 e.